The van der Waals surface area contributed by atoms with Crippen LogP contribution < -0.4 is 11.1 Å². The first-order valence-corrected chi connectivity index (χ1v) is 4.25. The highest BCUT2D eigenvalue weighted by atomic mass is 19.1. The fourth-order valence-corrected chi connectivity index (χ4v) is 1.23. The molecule has 0 saturated carbocycles. The molecule has 2 rings (SSSR count). The van der Waals surface area contributed by atoms with Gasteiger partial charge in [-0.25, -0.2) is 4.39 Å². The molecule has 1 aromatic heterocycles. The van der Waals surface area contributed by atoms with Crippen molar-refractivity contribution in [1.82, 2.24) is 9.97 Å². The molecule has 15 heavy (non-hydrogen) atoms. The summed E-state index contributed by atoms with van der Waals surface area (Å²) in [4.78, 5) is 26.4. The Morgan fingerprint density at radius 2 is 1.93 bits per heavy atom. The molecule has 5 heteroatoms. The molecular weight excluding hydrogens is 199 g/mol. The minimum atomic E-state index is -0.753. The molecule has 0 aliphatic heterocycles. The van der Waals surface area contributed by atoms with Crippen molar-refractivity contribution in [3.8, 4) is 11.3 Å². The van der Waals surface area contributed by atoms with Gasteiger partial charge in [0.15, 0.2) is 0 Å². The van der Waals surface area contributed by atoms with Crippen LogP contribution in [0, 0.1) is 5.82 Å². The number of aromatic amines is 2. The lowest BCUT2D eigenvalue weighted by atomic mass is 10.1. The maximum absolute atomic E-state index is 12.9. The van der Waals surface area contributed by atoms with E-state index in [1.807, 2.05) is 0 Å². The lowest BCUT2D eigenvalue weighted by Crippen LogP contribution is -2.28. The third-order valence-corrected chi connectivity index (χ3v) is 1.94. The van der Waals surface area contributed by atoms with Crippen LogP contribution in [-0.2, 0) is 0 Å². The molecule has 4 nitrogen and oxygen atoms in total. The van der Waals surface area contributed by atoms with Crippen molar-refractivity contribution in [3.63, 3.8) is 0 Å². The van der Waals surface area contributed by atoms with Crippen LogP contribution in [0.5, 0.6) is 0 Å². The van der Waals surface area contributed by atoms with E-state index in [1.165, 1.54) is 24.4 Å². The number of halogens is 1. The highest BCUT2D eigenvalue weighted by Gasteiger charge is 2.01. The Labute approximate surface area is 83.4 Å². The van der Waals surface area contributed by atoms with E-state index in [4.69, 9.17) is 0 Å². The Balaban J connectivity index is 2.60. The molecule has 0 radical (unpaired) electrons. The Morgan fingerprint density at radius 3 is 2.60 bits per heavy atom. The first-order chi connectivity index (χ1) is 7.16. The van der Waals surface area contributed by atoms with Crippen LogP contribution in [-0.4, -0.2) is 9.97 Å². The van der Waals surface area contributed by atoms with E-state index in [1.54, 1.807) is 6.07 Å². The molecule has 0 fully saturated rings. The number of hydrogen-bond acceptors (Lipinski definition) is 2. The van der Waals surface area contributed by atoms with Crippen molar-refractivity contribution in [2.45, 2.75) is 0 Å². The molecule has 0 atom stereocenters. The fourth-order valence-electron chi connectivity index (χ4n) is 1.23. The Hall–Kier alpha value is -2.17. The summed E-state index contributed by atoms with van der Waals surface area (Å²) < 4.78 is 12.9. The van der Waals surface area contributed by atoms with Crippen LogP contribution in [0.1, 0.15) is 0 Å². The standard InChI is InChI=1S/C10H7FN2O2/c11-7-3-1-2-6(4-7)8-5-12-9(14)10(15)13-8/h1-5H,(H,12,14)(H,13,15). The van der Waals surface area contributed by atoms with Gasteiger partial charge in [-0.3, -0.25) is 9.59 Å². The molecule has 2 N–H and O–H groups in total. The van der Waals surface area contributed by atoms with Gasteiger partial charge in [-0.15, -0.1) is 0 Å². The molecule has 0 amide bonds. The number of H-pyrrole nitrogens is 2. The number of rotatable bonds is 1. The largest absolute Gasteiger partial charge is 0.322 e. The average molecular weight is 206 g/mol. The molecular formula is C10H7FN2O2. The summed E-state index contributed by atoms with van der Waals surface area (Å²) in [6.07, 6.45) is 1.33. The highest BCUT2D eigenvalue weighted by Crippen LogP contribution is 2.14. The van der Waals surface area contributed by atoms with Crippen molar-refractivity contribution in [3.05, 3.63) is 57.0 Å². The van der Waals surface area contributed by atoms with E-state index in [2.05, 4.69) is 9.97 Å². The molecule has 0 spiro atoms. The van der Waals surface area contributed by atoms with Gasteiger partial charge < -0.3 is 9.97 Å². The van der Waals surface area contributed by atoms with Gasteiger partial charge in [0, 0.05) is 11.8 Å². The van der Waals surface area contributed by atoms with E-state index in [-0.39, 0.29) is 0 Å². The van der Waals surface area contributed by atoms with Crippen LogP contribution in [0.4, 0.5) is 4.39 Å². The van der Waals surface area contributed by atoms with Gasteiger partial charge in [-0.1, -0.05) is 12.1 Å². The lowest BCUT2D eigenvalue weighted by Gasteiger charge is -1.99. The number of hydrogen-bond donors (Lipinski definition) is 2. The molecule has 2 aromatic rings. The number of nitrogens with one attached hydrogen (secondary N) is 2. The van der Waals surface area contributed by atoms with Gasteiger partial charge in [-0.2, -0.15) is 0 Å². The van der Waals surface area contributed by atoms with E-state index < -0.39 is 16.9 Å². The molecule has 76 valence electrons. The van der Waals surface area contributed by atoms with Gasteiger partial charge in [0.2, 0.25) is 0 Å². The summed E-state index contributed by atoms with van der Waals surface area (Å²) in [5.74, 6) is -0.403. The number of benzene rings is 1. The molecule has 1 heterocycles. The maximum Gasteiger partial charge on any atom is 0.314 e. The van der Waals surface area contributed by atoms with Crippen molar-refractivity contribution in [2.24, 2.45) is 0 Å². The van der Waals surface area contributed by atoms with Crippen LogP contribution in [0.2, 0.25) is 0 Å². The zero-order chi connectivity index (χ0) is 10.8. The maximum atomic E-state index is 12.9. The molecule has 0 aliphatic carbocycles. The predicted octanol–water partition coefficient (Wildman–Crippen LogP) is 0.869. The minimum absolute atomic E-state index is 0.374. The number of aromatic nitrogens is 2. The molecule has 1 aromatic carbocycles. The lowest BCUT2D eigenvalue weighted by molar-refractivity contribution is 0.628. The normalized spacial score (nSPS) is 10.2. The topological polar surface area (TPSA) is 65.7 Å². The van der Waals surface area contributed by atoms with Gasteiger partial charge in [0.1, 0.15) is 5.82 Å². The van der Waals surface area contributed by atoms with Gasteiger partial charge in [-0.05, 0) is 12.1 Å². The minimum Gasteiger partial charge on any atom is -0.322 e. The van der Waals surface area contributed by atoms with Crippen LogP contribution in [0.25, 0.3) is 11.3 Å². The van der Waals surface area contributed by atoms with Crippen molar-refractivity contribution in [1.29, 1.82) is 0 Å². The quantitative estimate of drug-likeness (QED) is 0.680. The first kappa shape index (κ1) is 9.39. The van der Waals surface area contributed by atoms with Gasteiger partial charge >= 0.3 is 11.1 Å². The summed E-state index contributed by atoms with van der Waals surface area (Å²) in [5.41, 5.74) is -0.602. The van der Waals surface area contributed by atoms with Gasteiger partial charge in [0.05, 0.1) is 5.69 Å². The monoisotopic (exact) mass is 206 g/mol. The third-order valence-electron chi connectivity index (χ3n) is 1.94. The Morgan fingerprint density at radius 1 is 1.13 bits per heavy atom. The fraction of sp³-hybridized carbons (Fsp3) is 0. The average Bonchev–Trinajstić information content (AvgIpc) is 2.22. The van der Waals surface area contributed by atoms with Crippen LogP contribution in [0.15, 0.2) is 40.1 Å². The summed E-state index contributed by atoms with van der Waals surface area (Å²) in [7, 11) is 0. The molecule has 0 bridgehead atoms. The van der Waals surface area contributed by atoms with E-state index in [0.29, 0.717) is 11.3 Å². The first-order valence-electron chi connectivity index (χ1n) is 4.25. The van der Waals surface area contributed by atoms with Crippen molar-refractivity contribution >= 4 is 0 Å². The zero-order valence-corrected chi connectivity index (χ0v) is 7.58. The summed E-state index contributed by atoms with van der Waals surface area (Å²) in [5, 5.41) is 0. The Kier molecular flexibility index (Phi) is 2.21. The second kappa shape index (κ2) is 3.53. The van der Waals surface area contributed by atoms with E-state index >= 15 is 0 Å². The van der Waals surface area contributed by atoms with Crippen molar-refractivity contribution in [2.75, 3.05) is 0 Å². The highest BCUT2D eigenvalue weighted by molar-refractivity contribution is 5.57. The third kappa shape index (κ3) is 1.85. The van der Waals surface area contributed by atoms with Gasteiger partial charge in [0.25, 0.3) is 0 Å². The molecule has 0 aliphatic rings. The molecule has 0 saturated heterocycles. The van der Waals surface area contributed by atoms with Crippen LogP contribution >= 0.6 is 0 Å². The summed E-state index contributed by atoms with van der Waals surface area (Å²) >= 11 is 0. The second-order valence-electron chi connectivity index (χ2n) is 3.00. The summed E-state index contributed by atoms with van der Waals surface area (Å²) in [6.45, 7) is 0. The predicted molar refractivity (Wildman–Crippen MR) is 53.1 cm³/mol. The smallest absolute Gasteiger partial charge is 0.314 e. The Bertz CT molecular complexity index is 601. The van der Waals surface area contributed by atoms with E-state index in [0.717, 1.165) is 0 Å². The molecule has 0 unspecified atom stereocenters. The van der Waals surface area contributed by atoms with Crippen LogP contribution in [0.3, 0.4) is 0 Å². The van der Waals surface area contributed by atoms with E-state index in [9.17, 15) is 14.0 Å². The van der Waals surface area contributed by atoms with Crippen molar-refractivity contribution < 1.29 is 4.39 Å². The SMILES string of the molecule is O=c1[nH]cc(-c2cccc(F)c2)[nH]c1=O. The second-order valence-corrected chi connectivity index (χ2v) is 3.00. The summed E-state index contributed by atoms with van der Waals surface area (Å²) in [6, 6.07) is 5.72. The zero-order valence-electron chi connectivity index (χ0n) is 7.58.